The van der Waals surface area contributed by atoms with Crippen molar-refractivity contribution in [3.05, 3.63) is 0 Å². The van der Waals surface area contributed by atoms with Crippen LogP contribution in [0.4, 0.5) is 18.8 Å². The van der Waals surface area contributed by atoms with E-state index in [0.29, 0.717) is 0 Å². The summed E-state index contributed by atoms with van der Waals surface area (Å²) in [6.07, 6.45) is 0. The molecule has 0 aromatic rings. The molecule has 0 heterocycles. The van der Waals surface area contributed by atoms with E-state index >= 15 is 0 Å². The Balaban J connectivity index is -0.0000000121. The topological polar surface area (TPSA) is 246 Å². The number of rotatable bonds is 0. The fourth-order valence-electron chi connectivity index (χ4n) is 0. The largest absolute Gasteiger partial charge is 1.00 e. The fraction of sp³-hybridized carbons (Fsp3) is 0. The van der Waals surface area contributed by atoms with Crippen LogP contribution in [0, 0.1) is 0 Å². The molecule has 0 aliphatic rings. The number of halogens is 4. The van der Waals surface area contributed by atoms with E-state index in [4.69, 9.17) is 60.3 Å². The molecule has 11 N–H and O–H groups in total. The second-order valence-corrected chi connectivity index (χ2v) is 1.37. The van der Waals surface area contributed by atoms with Gasteiger partial charge in [-0.3, -0.25) is 18.8 Å². The van der Waals surface area contributed by atoms with Crippen LogP contribution in [0.1, 0.15) is 0 Å². The molecule has 0 aliphatic carbocycles. The molecule has 0 saturated carbocycles. The molecule has 0 rings (SSSR count). The molecule has 0 bridgehead atoms. The molecule has 128 valence electrons. The zero-order valence-corrected chi connectivity index (χ0v) is 12.3. The van der Waals surface area contributed by atoms with Gasteiger partial charge in [-0.15, -0.1) is 0 Å². The Labute approximate surface area is 138 Å². The maximum Gasteiger partial charge on any atom is 1.00 e. The van der Waals surface area contributed by atoms with Crippen molar-refractivity contribution in [2.75, 3.05) is 0 Å². The minimum atomic E-state index is -2.42. The van der Waals surface area contributed by atoms with Crippen LogP contribution in [0.25, 0.3) is 0 Å². The minimum Gasteiger partial charge on any atom is -0.832 e. The average Bonchev–Trinajstić information content (AvgIpc) is 1.76. The summed E-state index contributed by atoms with van der Waals surface area (Å²) in [5, 5.41) is 87.2. The molecule has 21 heavy (non-hydrogen) atoms. The molecule has 0 unspecified atom stereocenters. The Bertz CT molecular complexity index is 76.2. The maximum atomic E-state index is 8.64. The van der Waals surface area contributed by atoms with Gasteiger partial charge in [0, 0.05) is 0 Å². The second kappa shape index (κ2) is 49.9. The van der Waals surface area contributed by atoms with Gasteiger partial charge < -0.3 is 60.3 Å². The number of hydrogen-bond acceptors (Lipinski definition) is 12. The van der Waals surface area contributed by atoms with E-state index in [9.17, 15) is 0 Å². The first-order valence-corrected chi connectivity index (χ1v) is 3.08. The van der Waals surface area contributed by atoms with Crippen molar-refractivity contribution in [2.24, 2.45) is 0 Å². The van der Waals surface area contributed by atoms with Crippen LogP contribution in [-0.2, 0) is 0 Å². The van der Waals surface area contributed by atoms with Crippen LogP contribution in [0.2, 0.25) is 0 Å². The molecule has 0 aromatic heterocycles. The minimum absolute atomic E-state index is 0. The zero-order chi connectivity index (χ0) is 14.3. The first kappa shape index (κ1) is 57.8. The molecule has 21 heteroatoms. The van der Waals surface area contributed by atoms with Crippen molar-refractivity contribution >= 4 is 29.3 Å². The molecule has 0 amide bonds. The van der Waals surface area contributed by atoms with Gasteiger partial charge in [-0.25, -0.2) is 0 Å². The molecular formula is H15B4F4NaO12. The first-order chi connectivity index (χ1) is 6.93. The SMILES string of the molecule is F.F.F.F.OB(O)O.OB(O)O.OB(O)O.[Na+].[O-]B(O)O. The first-order valence-electron chi connectivity index (χ1n) is 3.08. The molecule has 0 radical (unpaired) electrons. The Morgan fingerprint density at radius 2 is 0.429 bits per heavy atom. The molecule has 0 fully saturated rings. The van der Waals surface area contributed by atoms with Crippen LogP contribution in [0.3, 0.4) is 0 Å². The fourth-order valence-corrected chi connectivity index (χ4v) is 0. The van der Waals surface area contributed by atoms with Crippen molar-refractivity contribution < 1.29 is 109 Å². The summed E-state index contributed by atoms with van der Waals surface area (Å²) in [6.45, 7) is 0. The Hall–Kier alpha value is 0.500. The molecule has 0 saturated heterocycles. The Kier molecular flexibility index (Phi) is 137. The van der Waals surface area contributed by atoms with E-state index in [1.54, 1.807) is 0 Å². The molecule has 0 atom stereocenters. The molecule has 0 spiro atoms. The summed E-state index contributed by atoms with van der Waals surface area (Å²) in [5.41, 5.74) is 0. The molecule has 0 aliphatic heterocycles. The summed E-state index contributed by atoms with van der Waals surface area (Å²) in [5.74, 6) is 0. The van der Waals surface area contributed by atoms with Gasteiger partial charge in [-0.1, -0.05) is 0 Å². The van der Waals surface area contributed by atoms with Gasteiger partial charge in [-0.05, 0) is 0 Å². The van der Waals surface area contributed by atoms with Gasteiger partial charge in [0.1, 0.15) is 0 Å². The Morgan fingerprint density at radius 1 is 0.429 bits per heavy atom. The van der Waals surface area contributed by atoms with E-state index in [0.717, 1.165) is 0 Å². The smallest absolute Gasteiger partial charge is 0.832 e. The van der Waals surface area contributed by atoms with Crippen LogP contribution in [0.5, 0.6) is 0 Å². The van der Waals surface area contributed by atoms with Gasteiger partial charge in [0.2, 0.25) is 0 Å². The summed E-state index contributed by atoms with van der Waals surface area (Å²) >= 11 is 0. The van der Waals surface area contributed by atoms with Crippen molar-refractivity contribution in [3.63, 3.8) is 0 Å². The van der Waals surface area contributed by atoms with E-state index in [-0.39, 0.29) is 48.4 Å². The van der Waals surface area contributed by atoms with E-state index < -0.39 is 29.3 Å². The van der Waals surface area contributed by atoms with E-state index in [2.05, 4.69) is 0 Å². The predicted molar refractivity (Wildman–Crippen MR) is 57.4 cm³/mol. The van der Waals surface area contributed by atoms with Gasteiger partial charge in [-0.2, -0.15) is 0 Å². The Morgan fingerprint density at radius 3 is 0.429 bits per heavy atom. The third-order valence-corrected chi connectivity index (χ3v) is 0. The third kappa shape index (κ3) is 28100. The molecule has 12 nitrogen and oxygen atoms in total. The van der Waals surface area contributed by atoms with Crippen LogP contribution in [-0.4, -0.2) is 84.5 Å². The summed E-state index contributed by atoms with van der Waals surface area (Å²) in [6, 6.07) is 0. The normalized spacial score (nSPS) is 5.14. The maximum absolute atomic E-state index is 8.64. The van der Waals surface area contributed by atoms with Crippen LogP contribution < -0.4 is 34.6 Å². The van der Waals surface area contributed by atoms with Gasteiger partial charge in [0.15, 0.2) is 0 Å². The zero-order valence-electron chi connectivity index (χ0n) is 10.3. The quantitative estimate of drug-likeness (QED) is 0.144. The standard InChI is InChI=1S/3BH3O3.BH2O3.4FH.Na/c4*2-1(3)4;;;;;/h3*2-4H;2-3H;4*1H;/q;;;-1;;;;;+1. The van der Waals surface area contributed by atoms with Crippen molar-refractivity contribution in [1.82, 2.24) is 0 Å². The molecular weight excluding hydrogens is 334 g/mol. The van der Waals surface area contributed by atoms with Gasteiger partial charge >= 0.3 is 58.8 Å². The van der Waals surface area contributed by atoms with Crippen LogP contribution >= 0.6 is 0 Å². The predicted octanol–water partition coefficient (Wildman–Crippen LogP) is -11.2. The summed E-state index contributed by atoms with van der Waals surface area (Å²) < 4.78 is 0. The summed E-state index contributed by atoms with van der Waals surface area (Å²) in [7, 11) is -8.92. The average molecular weight is 349 g/mol. The van der Waals surface area contributed by atoms with Crippen LogP contribution in [0.15, 0.2) is 0 Å². The van der Waals surface area contributed by atoms with Crippen molar-refractivity contribution in [1.29, 1.82) is 0 Å². The van der Waals surface area contributed by atoms with Gasteiger partial charge in [0.25, 0.3) is 0 Å². The summed E-state index contributed by atoms with van der Waals surface area (Å²) in [4.78, 5) is 0. The third-order valence-electron chi connectivity index (χ3n) is 0. The van der Waals surface area contributed by atoms with Crippen molar-refractivity contribution in [3.8, 4) is 0 Å². The van der Waals surface area contributed by atoms with Crippen molar-refractivity contribution in [2.45, 2.75) is 0 Å². The van der Waals surface area contributed by atoms with Gasteiger partial charge in [0.05, 0.1) is 0 Å². The van der Waals surface area contributed by atoms with E-state index in [1.807, 2.05) is 0 Å². The second-order valence-electron chi connectivity index (χ2n) is 1.37. The number of hydrogen-bond donors (Lipinski definition) is 11. The monoisotopic (exact) mass is 350 g/mol. The molecule has 0 aromatic carbocycles. The van der Waals surface area contributed by atoms with E-state index in [1.165, 1.54) is 0 Å².